The number of methoxy groups -OCH3 is 1. The van der Waals surface area contributed by atoms with Gasteiger partial charge >= 0.3 is 0 Å². The Kier molecular flexibility index (Phi) is 11.4. The molecule has 0 bridgehead atoms. The molecule has 2 saturated carbocycles. The predicted octanol–water partition coefficient (Wildman–Crippen LogP) is 3.83. The first kappa shape index (κ1) is 28.2. The van der Waals surface area contributed by atoms with Gasteiger partial charge < -0.3 is 25.2 Å². The third kappa shape index (κ3) is 8.89. The summed E-state index contributed by atoms with van der Waals surface area (Å²) in [5, 5.41) is 17.3. The summed E-state index contributed by atoms with van der Waals surface area (Å²) >= 11 is 0. The van der Waals surface area contributed by atoms with Gasteiger partial charge in [0.1, 0.15) is 11.6 Å². The van der Waals surface area contributed by atoms with Crippen LogP contribution in [0.3, 0.4) is 0 Å². The molecule has 3 fully saturated rings. The molecule has 0 spiro atoms. The Bertz CT molecular complexity index is 950. The van der Waals surface area contributed by atoms with E-state index in [2.05, 4.69) is 33.3 Å². The molecule has 2 heterocycles. The second kappa shape index (κ2) is 15.0. The van der Waals surface area contributed by atoms with Gasteiger partial charge in [-0.2, -0.15) is 4.98 Å². The number of hydrogen-bond acceptors (Lipinski definition) is 8. The molecule has 2 aliphatic carbocycles. The summed E-state index contributed by atoms with van der Waals surface area (Å²) in [6.45, 7) is 4.65. The van der Waals surface area contributed by atoms with Crippen LogP contribution in [0.15, 0.2) is 30.3 Å². The largest absolute Gasteiger partial charge is 0.497 e. The molecular weight excluding hydrogens is 474 g/mol. The number of benzene rings is 1. The topological polar surface area (TPSA) is 128 Å². The summed E-state index contributed by atoms with van der Waals surface area (Å²) in [5.41, 5.74) is 2.43. The van der Waals surface area contributed by atoms with Crippen molar-refractivity contribution in [3.8, 4) is 5.75 Å². The number of aromatic nitrogens is 2. The second-order valence-corrected chi connectivity index (χ2v) is 9.48. The van der Waals surface area contributed by atoms with Crippen molar-refractivity contribution in [2.45, 2.75) is 63.5 Å². The Morgan fingerprint density at radius 3 is 2.14 bits per heavy atom. The standard InChI is InChI=1S/C25H35N5O.2CH2O2/c1-31-22-11-7-19(8-12-22)18-26-25-27-23(20-5-3-2-4-6-20)17-24(28-25)30-15-13-29(14-16-30)21-9-10-21;2*2-1-3/h7-8,11-12,17,20-21H,2-6,9-10,13-16,18H2,1H3,(H,26,27,28);2*1H,(H,2,3). The van der Waals surface area contributed by atoms with E-state index in [1.54, 1.807) is 7.11 Å². The van der Waals surface area contributed by atoms with Crippen molar-refractivity contribution in [3.05, 3.63) is 41.6 Å². The fraction of sp³-hybridized carbons (Fsp3) is 0.556. The molecule has 10 heteroatoms. The normalized spacial score (nSPS) is 17.9. The van der Waals surface area contributed by atoms with E-state index in [9.17, 15) is 0 Å². The van der Waals surface area contributed by atoms with Crippen LogP contribution in [0.25, 0.3) is 0 Å². The lowest BCUT2D eigenvalue weighted by Gasteiger charge is -2.36. The summed E-state index contributed by atoms with van der Waals surface area (Å²) in [7, 11) is 1.70. The van der Waals surface area contributed by atoms with Crippen LogP contribution in [0.1, 0.15) is 62.1 Å². The summed E-state index contributed by atoms with van der Waals surface area (Å²) in [6.07, 6.45) is 9.28. The van der Waals surface area contributed by atoms with Crippen molar-refractivity contribution in [2.75, 3.05) is 43.5 Å². The smallest absolute Gasteiger partial charge is 0.290 e. The number of piperazine rings is 1. The van der Waals surface area contributed by atoms with Gasteiger partial charge in [0.25, 0.3) is 12.9 Å². The average molecular weight is 514 g/mol. The lowest BCUT2D eigenvalue weighted by molar-refractivity contribution is -0.123. The highest BCUT2D eigenvalue weighted by Crippen LogP contribution is 2.34. The van der Waals surface area contributed by atoms with Crippen molar-refractivity contribution in [3.63, 3.8) is 0 Å². The maximum atomic E-state index is 8.36. The fourth-order valence-corrected chi connectivity index (χ4v) is 4.98. The maximum absolute atomic E-state index is 8.36. The first-order valence-corrected chi connectivity index (χ1v) is 13.0. The minimum Gasteiger partial charge on any atom is -0.497 e. The minimum atomic E-state index is -0.250. The molecule has 3 N–H and O–H groups in total. The van der Waals surface area contributed by atoms with Gasteiger partial charge in [0.05, 0.1) is 12.8 Å². The molecule has 202 valence electrons. The summed E-state index contributed by atoms with van der Waals surface area (Å²) in [5.74, 6) is 3.32. The number of anilines is 2. The quantitative estimate of drug-likeness (QED) is 0.470. The van der Waals surface area contributed by atoms with Gasteiger partial charge in [-0.3, -0.25) is 14.5 Å². The number of nitrogens with zero attached hydrogens (tertiary/aromatic N) is 4. The van der Waals surface area contributed by atoms with Gasteiger partial charge in [-0.15, -0.1) is 0 Å². The molecule has 1 aromatic carbocycles. The predicted molar refractivity (Wildman–Crippen MR) is 142 cm³/mol. The molecule has 10 nitrogen and oxygen atoms in total. The van der Waals surface area contributed by atoms with Gasteiger partial charge in [0.15, 0.2) is 0 Å². The van der Waals surface area contributed by atoms with Gasteiger partial charge in [0, 0.05) is 50.7 Å². The lowest BCUT2D eigenvalue weighted by atomic mass is 9.87. The van der Waals surface area contributed by atoms with Crippen LogP contribution in [-0.4, -0.2) is 77.4 Å². The Labute approximate surface area is 218 Å². The molecule has 0 amide bonds. The van der Waals surface area contributed by atoms with Crippen molar-refractivity contribution in [1.29, 1.82) is 0 Å². The Hall–Kier alpha value is -3.40. The number of ether oxygens (including phenoxy) is 1. The van der Waals surface area contributed by atoms with Crippen LogP contribution in [0.5, 0.6) is 5.75 Å². The van der Waals surface area contributed by atoms with E-state index in [1.807, 2.05) is 12.1 Å². The fourth-order valence-electron chi connectivity index (χ4n) is 4.98. The zero-order valence-electron chi connectivity index (χ0n) is 21.6. The van der Waals surface area contributed by atoms with Crippen LogP contribution in [-0.2, 0) is 16.1 Å². The van der Waals surface area contributed by atoms with E-state index in [1.165, 1.54) is 56.2 Å². The molecule has 2 aromatic rings. The molecule has 0 atom stereocenters. The number of carboxylic acid groups (broad SMARTS) is 2. The van der Waals surface area contributed by atoms with E-state index in [0.29, 0.717) is 12.5 Å². The zero-order chi connectivity index (χ0) is 26.5. The van der Waals surface area contributed by atoms with Gasteiger partial charge in [-0.25, -0.2) is 4.98 Å². The first-order chi connectivity index (χ1) is 18.1. The average Bonchev–Trinajstić information content (AvgIpc) is 3.79. The zero-order valence-corrected chi connectivity index (χ0v) is 21.6. The van der Waals surface area contributed by atoms with Crippen LogP contribution >= 0.6 is 0 Å². The van der Waals surface area contributed by atoms with Gasteiger partial charge in [0.2, 0.25) is 5.95 Å². The number of nitrogens with one attached hydrogen (secondary N) is 1. The SMILES string of the molecule is COc1ccc(CNc2nc(C3CCCCC3)cc(N3CCN(C4CC4)CC3)n2)cc1.O=CO.O=CO. The van der Waals surface area contributed by atoms with E-state index in [0.717, 1.165) is 49.7 Å². The van der Waals surface area contributed by atoms with Crippen LogP contribution in [0.4, 0.5) is 11.8 Å². The minimum absolute atomic E-state index is 0.250. The van der Waals surface area contributed by atoms with Gasteiger partial charge in [-0.1, -0.05) is 31.4 Å². The molecular formula is C27H39N5O5. The van der Waals surface area contributed by atoms with Crippen molar-refractivity contribution in [2.24, 2.45) is 0 Å². The molecule has 1 aliphatic heterocycles. The second-order valence-electron chi connectivity index (χ2n) is 9.48. The Balaban J connectivity index is 0.000000580. The van der Waals surface area contributed by atoms with Crippen molar-refractivity contribution >= 4 is 24.7 Å². The number of hydrogen-bond donors (Lipinski definition) is 3. The first-order valence-electron chi connectivity index (χ1n) is 13.0. The summed E-state index contributed by atoms with van der Waals surface area (Å²) in [4.78, 5) is 31.8. The van der Waals surface area contributed by atoms with Crippen molar-refractivity contribution in [1.82, 2.24) is 14.9 Å². The highest BCUT2D eigenvalue weighted by molar-refractivity contribution is 5.46. The monoisotopic (exact) mass is 513 g/mol. The molecule has 37 heavy (non-hydrogen) atoms. The molecule has 0 radical (unpaired) electrons. The third-order valence-electron chi connectivity index (χ3n) is 7.07. The van der Waals surface area contributed by atoms with Crippen molar-refractivity contribution < 1.29 is 24.5 Å². The van der Waals surface area contributed by atoms with Gasteiger partial charge in [-0.05, 0) is 43.4 Å². The molecule has 1 aromatic heterocycles. The van der Waals surface area contributed by atoms with Crippen LogP contribution < -0.4 is 15.0 Å². The summed E-state index contributed by atoms with van der Waals surface area (Å²) in [6, 6.07) is 11.3. The summed E-state index contributed by atoms with van der Waals surface area (Å²) < 4.78 is 5.27. The number of rotatable bonds is 7. The third-order valence-corrected chi connectivity index (χ3v) is 7.07. The molecule has 1 saturated heterocycles. The Morgan fingerprint density at radius 2 is 1.57 bits per heavy atom. The number of carbonyl (C=O) groups is 2. The lowest BCUT2D eigenvalue weighted by Crippen LogP contribution is -2.47. The van der Waals surface area contributed by atoms with Crippen LogP contribution in [0, 0.1) is 0 Å². The Morgan fingerprint density at radius 1 is 0.946 bits per heavy atom. The molecule has 3 aliphatic rings. The maximum Gasteiger partial charge on any atom is 0.290 e. The van der Waals surface area contributed by atoms with E-state index < -0.39 is 0 Å². The highest BCUT2D eigenvalue weighted by atomic mass is 16.5. The van der Waals surface area contributed by atoms with E-state index in [-0.39, 0.29) is 12.9 Å². The molecule has 5 rings (SSSR count). The molecule has 0 unspecified atom stereocenters. The van der Waals surface area contributed by atoms with E-state index >= 15 is 0 Å². The highest BCUT2D eigenvalue weighted by Gasteiger charge is 2.31. The van der Waals surface area contributed by atoms with Crippen LogP contribution in [0.2, 0.25) is 0 Å². The van der Waals surface area contributed by atoms with E-state index in [4.69, 9.17) is 34.5 Å².